The molecule has 0 saturated heterocycles. The summed E-state index contributed by atoms with van der Waals surface area (Å²) in [5.74, 6) is 0.544. The normalized spacial score (nSPS) is 15.2. The van der Waals surface area contributed by atoms with Crippen LogP contribution in [0.5, 0.6) is 0 Å². The molecule has 98 valence electrons. The molecule has 6 nitrogen and oxygen atoms in total. The number of hydrogen-bond acceptors (Lipinski definition) is 5. The molecule has 2 aromatic rings. The van der Waals surface area contributed by atoms with Gasteiger partial charge >= 0.3 is 0 Å². The summed E-state index contributed by atoms with van der Waals surface area (Å²) in [6.45, 7) is 4.74. The van der Waals surface area contributed by atoms with Crippen LogP contribution >= 0.6 is 0 Å². The Morgan fingerprint density at radius 3 is 2.89 bits per heavy atom. The maximum atomic E-state index is 12.1. The topological polar surface area (TPSA) is 74.8 Å². The zero-order valence-electron chi connectivity index (χ0n) is 10.8. The molecule has 0 unspecified atom stereocenters. The average molecular weight is 257 g/mol. The van der Waals surface area contributed by atoms with Crippen molar-refractivity contribution in [1.82, 2.24) is 24.8 Å². The van der Waals surface area contributed by atoms with Crippen molar-refractivity contribution in [3.63, 3.8) is 0 Å². The Hall–Kier alpha value is -2.08. The van der Waals surface area contributed by atoms with Crippen LogP contribution < -0.4 is 5.56 Å². The first-order chi connectivity index (χ1) is 9.28. The van der Waals surface area contributed by atoms with E-state index in [9.17, 15) is 4.79 Å². The Morgan fingerprint density at radius 1 is 1.37 bits per heavy atom. The molecule has 2 aromatic heterocycles. The van der Waals surface area contributed by atoms with Crippen LogP contribution in [0, 0.1) is 0 Å². The van der Waals surface area contributed by atoms with E-state index < -0.39 is 0 Å². The highest BCUT2D eigenvalue weighted by Gasteiger charge is 2.20. The molecule has 6 heteroatoms. The number of fused-ring (bicyclic) bond motifs is 1. The SMILES string of the molecule is CCN1CCc2c(nc(-c3cncnc3)[nH]c2=O)C1. The summed E-state index contributed by atoms with van der Waals surface area (Å²) >= 11 is 0. The molecule has 0 spiro atoms. The van der Waals surface area contributed by atoms with E-state index in [0.717, 1.165) is 42.9 Å². The predicted octanol–water partition coefficient (Wildman–Crippen LogP) is 0.605. The summed E-state index contributed by atoms with van der Waals surface area (Å²) in [6, 6.07) is 0. The van der Waals surface area contributed by atoms with Gasteiger partial charge in [0.2, 0.25) is 0 Å². The summed E-state index contributed by atoms with van der Waals surface area (Å²) in [4.78, 5) is 29.7. The third-order valence-electron chi connectivity index (χ3n) is 3.43. The molecule has 3 rings (SSSR count). The number of nitrogens with one attached hydrogen (secondary N) is 1. The van der Waals surface area contributed by atoms with E-state index >= 15 is 0 Å². The summed E-state index contributed by atoms with van der Waals surface area (Å²) in [7, 11) is 0. The lowest BCUT2D eigenvalue weighted by Gasteiger charge is -2.26. The first kappa shape index (κ1) is 12.0. The van der Waals surface area contributed by atoms with Crippen molar-refractivity contribution in [3.05, 3.63) is 40.3 Å². The van der Waals surface area contributed by atoms with Gasteiger partial charge in [-0.1, -0.05) is 6.92 Å². The van der Waals surface area contributed by atoms with Crippen LogP contribution in [0.25, 0.3) is 11.4 Å². The van der Waals surface area contributed by atoms with Crippen molar-refractivity contribution < 1.29 is 0 Å². The van der Waals surface area contributed by atoms with Gasteiger partial charge < -0.3 is 4.98 Å². The number of H-pyrrole nitrogens is 1. The Morgan fingerprint density at radius 2 is 2.16 bits per heavy atom. The smallest absolute Gasteiger partial charge is 0.254 e. The minimum absolute atomic E-state index is 0.0420. The van der Waals surface area contributed by atoms with Gasteiger partial charge in [-0.2, -0.15) is 0 Å². The van der Waals surface area contributed by atoms with E-state index in [1.165, 1.54) is 6.33 Å². The van der Waals surface area contributed by atoms with E-state index in [2.05, 4.69) is 31.8 Å². The van der Waals surface area contributed by atoms with Gasteiger partial charge in [-0.3, -0.25) is 9.69 Å². The molecule has 0 atom stereocenters. The molecule has 1 aliphatic rings. The van der Waals surface area contributed by atoms with Crippen LogP contribution in [-0.2, 0) is 13.0 Å². The molecule has 0 bridgehead atoms. The number of aromatic amines is 1. The van der Waals surface area contributed by atoms with Crippen LogP contribution in [0.1, 0.15) is 18.2 Å². The van der Waals surface area contributed by atoms with Crippen molar-refractivity contribution in [3.8, 4) is 11.4 Å². The fraction of sp³-hybridized carbons (Fsp3) is 0.385. The maximum Gasteiger partial charge on any atom is 0.254 e. The fourth-order valence-corrected chi connectivity index (χ4v) is 2.32. The van der Waals surface area contributed by atoms with Gasteiger partial charge in [0, 0.05) is 31.0 Å². The molecule has 0 saturated carbocycles. The van der Waals surface area contributed by atoms with E-state index in [0.29, 0.717) is 5.82 Å². The lowest BCUT2D eigenvalue weighted by molar-refractivity contribution is 0.262. The molecule has 0 amide bonds. The second-order valence-electron chi connectivity index (χ2n) is 4.59. The molecular weight excluding hydrogens is 242 g/mol. The summed E-state index contributed by atoms with van der Waals surface area (Å²) in [6.07, 6.45) is 5.52. The summed E-state index contributed by atoms with van der Waals surface area (Å²) < 4.78 is 0. The zero-order chi connectivity index (χ0) is 13.2. The first-order valence-corrected chi connectivity index (χ1v) is 6.37. The van der Waals surface area contributed by atoms with Gasteiger partial charge in [-0.05, 0) is 13.0 Å². The van der Waals surface area contributed by atoms with Crippen LogP contribution in [0.3, 0.4) is 0 Å². The summed E-state index contributed by atoms with van der Waals surface area (Å²) in [5.41, 5.74) is 2.37. The second-order valence-corrected chi connectivity index (χ2v) is 4.59. The third kappa shape index (κ3) is 2.26. The van der Waals surface area contributed by atoms with Crippen molar-refractivity contribution in [1.29, 1.82) is 0 Å². The second kappa shape index (κ2) is 4.89. The minimum atomic E-state index is -0.0420. The number of hydrogen-bond donors (Lipinski definition) is 1. The van der Waals surface area contributed by atoms with Crippen LogP contribution in [0.15, 0.2) is 23.5 Å². The zero-order valence-corrected chi connectivity index (χ0v) is 10.8. The number of nitrogens with zero attached hydrogens (tertiary/aromatic N) is 4. The van der Waals surface area contributed by atoms with Crippen LogP contribution in [0.4, 0.5) is 0 Å². The number of likely N-dealkylation sites (N-methyl/N-ethyl adjacent to an activating group) is 1. The predicted molar refractivity (Wildman–Crippen MR) is 70.5 cm³/mol. The Labute approximate surface area is 110 Å². The highest BCUT2D eigenvalue weighted by molar-refractivity contribution is 5.52. The first-order valence-electron chi connectivity index (χ1n) is 6.37. The highest BCUT2D eigenvalue weighted by Crippen LogP contribution is 2.17. The third-order valence-corrected chi connectivity index (χ3v) is 3.43. The quantitative estimate of drug-likeness (QED) is 0.853. The summed E-state index contributed by atoms with van der Waals surface area (Å²) in [5, 5.41) is 0. The highest BCUT2D eigenvalue weighted by atomic mass is 16.1. The lowest BCUT2D eigenvalue weighted by atomic mass is 10.1. The maximum absolute atomic E-state index is 12.1. The van der Waals surface area contributed by atoms with Crippen LogP contribution in [-0.4, -0.2) is 37.9 Å². The van der Waals surface area contributed by atoms with Gasteiger partial charge in [0.25, 0.3) is 5.56 Å². The van der Waals surface area contributed by atoms with Gasteiger partial charge in [0.05, 0.1) is 11.3 Å². The standard InChI is InChI=1S/C13H15N5O/c1-2-18-4-3-10-11(7-18)16-12(17-13(10)19)9-5-14-8-15-6-9/h5-6,8H,2-4,7H2,1H3,(H,16,17,19). The molecule has 0 aliphatic carbocycles. The van der Waals surface area contributed by atoms with Crippen molar-refractivity contribution in [2.75, 3.05) is 13.1 Å². The van der Waals surface area contributed by atoms with Crippen molar-refractivity contribution in [2.24, 2.45) is 0 Å². The van der Waals surface area contributed by atoms with E-state index in [1.54, 1.807) is 12.4 Å². The van der Waals surface area contributed by atoms with Crippen LogP contribution in [0.2, 0.25) is 0 Å². The average Bonchev–Trinajstić information content (AvgIpc) is 2.47. The van der Waals surface area contributed by atoms with Crippen molar-refractivity contribution in [2.45, 2.75) is 19.9 Å². The molecule has 1 N–H and O–H groups in total. The molecule has 0 radical (unpaired) electrons. The van der Waals surface area contributed by atoms with E-state index in [1.807, 2.05) is 0 Å². The van der Waals surface area contributed by atoms with Crippen molar-refractivity contribution >= 4 is 0 Å². The largest absolute Gasteiger partial charge is 0.306 e. The van der Waals surface area contributed by atoms with Gasteiger partial charge in [0.1, 0.15) is 12.2 Å². The van der Waals surface area contributed by atoms with Gasteiger partial charge in [-0.25, -0.2) is 15.0 Å². The Bertz CT molecular complexity index is 637. The molecule has 1 aliphatic heterocycles. The molecule has 0 fully saturated rings. The fourth-order valence-electron chi connectivity index (χ4n) is 2.32. The molecular formula is C13H15N5O. The molecule has 0 aromatic carbocycles. The molecule has 19 heavy (non-hydrogen) atoms. The lowest BCUT2D eigenvalue weighted by Crippen LogP contribution is -2.35. The number of aromatic nitrogens is 4. The minimum Gasteiger partial charge on any atom is -0.306 e. The monoisotopic (exact) mass is 257 g/mol. The van der Waals surface area contributed by atoms with E-state index in [-0.39, 0.29) is 5.56 Å². The van der Waals surface area contributed by atoms with E-state index in [4.69, 9.17) is 0 Å². The molecule has 3 heterocycles. The Kier molecular flexibility index (Phi) is 3.08. The van der Waals surface area contributed by atoms with Gasteiger partial charge in [0.15, 0.2) is 0 Å². The Balaban J connectivity index is 2.06. The van der Waals surface area contributed by atoms with Gasteiger partial charge in [-0.15, -0.1) is 0 Å². The number of rotatable bonds is 2.